The number of thiophene rings is 1. The minimum Gasteiger partial charge on any atom is -0.349 e. The van der Waals surface area contributed by atoms with Gasteiger partial charge in [0, 0.05) is 11.3 Å². The normalized spacial score (nSPS) is 12.4. The maximum atomic E-state index is 11.5. The number of rotatable bonds is 6. The molecule has 3 nitrogen and oxygen atoms in total. The third-order valence-corrected chi connectivity index (χ3v) is 3.26. The lowest BCUT2D eigenvalue weighted by atomic mass is 10.2. The van der Waals surface area contributed by atoms with E-state index < -0.39 is 0 Å². The third-order valence-electron chi connectivity index (χ3n) is 2.21. The second-order valence-electron chi connectivity index (χ2n) is 3.55. The van der Waals surface area contributed by atoms with Gasteiger partial charge in [-0.15, -0.1) is 11.3 Å². The molecule has 0 bridgehead atoms. The summed E-state index contributed by atoms with van der Waals surface area (Å²) >= 11 is 1.67. The Kier molecular flexibility index (Phi) is 5.36. The van der Waals surface area contributed by atoms with Crippen LogP contribution >= 0.6 is 11.3 Å². The molecule has 0 fully saturated rings. The van der Waals surface area contributed by atoms with Gasteiger partial charge in [-0.1, -0.05) is 6.07 Å². The molecule has 15 heavy (non-hydrogen) atoms. The molecule has 1 unspecified atom stereocenters. The van der Waals surface area contributed by atoms with Gasteiger partial charge >= 0.3 is 0 Å². The van der Waals surface area contributed by atoms with E-state index in [0.717, 1.165) is 12.8 Å². The molecule has 1 aromatic rings. The lowest BCUT2D eigenvalue weighted by Crippen LogP contribution is -2.25. The number of carbonyl (C=O) groups excluding carboxylic acids is 1. The maximum Gasteiger partial charge on any atom is 0.220 e. The average molecular weight is 226 g/mol. The Morgan fingerprint density at radius 2 is 2.40 bits per heavy atom. The molecule has 0 aromatic carbocycles. The molecule has 1 rings (SSSR count). The second-order valence-corrected chi connectivity index (χ2v) is 4.53. The molecule has 3 N–H and O–H groups in total. The zero-order valence-electron chi connectivity index (χ0n) is 9.03. The Labute approximate surface area is 94.7 Å². The van der Waals surface area contributed by atoms with Crippen LogP contribution in [0.4, 0.5) is 0 Å². The van der Waals surface area contributed by atoms with E-state index in [-0.39, 0.29) is 11.9 Å². The molecule has 0 aliphatic carbocycles. The summed E-state index contributed by atoms with van der Waals surface area (Å²) in [7, 11) is 0. The number of hydrogen-bond donors (Lipinski definition) is 2. The first-order valence-corrected chi connectivity index (χ1v) is 6.15. The van der Waals surface area contributed by atoms with Crippen molar-refractivity contribution in [3.05, 3.63) is 22.4 Å². The van der Waals surface area contributed by atoms with Crippen molar-refractivity contribution < 1.29 is 4.79 Å². The summed E-state index contributed by atoms with van der Waals surface area (Å²) in [5, 5.41) is 4.99. The third kappa shape index (κ3) is 4.44. The molecule has 1 amide bonds. The molecular formula is C11H18N2OS. The van der Waals surface area contributed by atoms with Gasteiger partial charge in [0.25, 0.3) is 0 Å². The fraction of sp³-hybridized carbons (Fsp3) is 0.545. The minimum atomic E-state index is 0.115. The molecule has 0 saturated carbocycles. The van der Waals surface area contributed by atoms with Crippen molar-refractivity contribution in [2.24, 2.45) is 5.73 Å². The van der Waals surface area contributed by atoms with E-state index in [1.807, 2.05) is 24.4 Å². The van der Waals surface area contributed by atoms with Crippen LogP contribution in [-0.2, 0) is 4.79 Å². The molecule has 0 spiro atoms. The summed E-state index contributed by atoms with van der Waals surface area (Å²) in [6.07, 6.45) is 2.37. The smallest absolute Gasteiger partial charge is 0.220 e. The summed E-state index contributed by atoms with van der Waals surface area (Å²) in [5.41, 5.74) is 5.36. The van der Waals surface area contributed by atoms with Crippen LogP contribution in [0.25, 0.3) is 0 Å². The highest BCUT2D eigenvalue weighted by atomic mass is 32.1. The molecule has 1 heterocycles. The highest BCUT2D eigenvalue weighted by molar-refractivity contribution is 7.10. The van der Waals surface area contributed by atoms with E-state index in [4.69, 9.17) is 5.73 Å². The Morgan fingerprint density at radius 3 is 3.00 bits per heavy atom. The minimum absolute atomic E-state index is 0.115. The average Bonchev–Trinajstić information content (AvgIpc) is 2.70. The van der Waals surface area contributed by atoms with Gasteiger partial charge < -0.3 is 11.1 Å². The standard InChI is InChI=1S/C11H18N2OS/c1-9(10-5-4-8-15-10)13-11(14)6-2-3-7-12/h4-5,8-9H,2-3,6-7,12H2,1H3,(H,13,14). The van der Waals surface area contributed by atoms with Crippen LogP contribution in [0.3, 0.4) is 0 Å². The SMILES string of the molecule is CC(NC(=O)CCCCN)c1cccs1. The first-order chi connectivity index (χ1) is 7.24. The Hall–Kier alpha value is -0.870. The van der Waals surface area contributed by atoms with Gasteiger partial charge in [-0.3, -0.25) is 4.79 Å². The van der Waals surface area contributed by atoms with Crippen LogP contribution in [-0.4, -0.2) is 12.5 Å². The van der Waals surface area contributed by atoms with Crippen molar-refractivity contribution in [3.63, 3.8) is 0 Å². The van der Waals surface area contributed by atoms with E-state index in [1.54, 1.807) is 11.3 Å². The maximum absolute atomic E-state index is 11.5. The van der Waals surface area contributed by atoms with Crippen LogP contribution in [0, 0.1) is 0 Å². The lowest BCUT2D eigenvalue weighted by molar-refractivity contribution is -0.121. The van der Waals surface area contributed by atoms with Crippen molar-refractivity contribution >= 4 is 17.2 Å². The van der Waals surface area contributed by atoms with Gasteiger partial charge in [0.15, 0.2) is 0 Å². The summed E-state index contributed by atoms with van der Waals surface area (Å²) < 4.78 is 0. The van der Waals surface area contributed by atoms with E-state index in [0.29, 0.717) is 13.0 Å². The van der Waals surface area contributed by atoms with Crippen molar-refractivity contribution in [1.29, 1.82) is 0 Å². The van der Waals surface area contributed by atoms with Gasteiger partial charge in [0.2, 0.25) is 5.91 Å². The number of nitrogens with two attached hydrogens (primary N) is 1. The van der Waals surface area contributed by atoms with Crippen molar-refractivity contribution in [3.8, 4) is 0 Å². The fourth-order valence-electron chi connectivity index (χ4n) is 1.35. The van der Waals surface area contributed by atoms with Crippen molar-refractivity contribution in [2.75, 3.05) is 6.54 Å². The fourth-order valence-corrected chi connectivity index (χ4v) is 2.09. The van der Waals surface area contributed by atoms with Crippen LogP contribution in [0.15, 0.2) is 17.5 Å². The van der Waals surface area contributed by atoms with E-state index in [9.17, 15) is 4.79 Å². The van der Waals surface area contributed by atoms with Gasteiger partial charge in [-0.05, 0) is 37.8 Å². The van der Waals surface area contributed by atoms with Crippen molar-refractivity contribution in [2.45, 2.75) is 32.2 Å². The highest BCUT2D eigenvalue weighted by Gasteiger charge is 2.09. The Balaban J connectivity index is 2.26. The number of hydrogen-bond acceptors (Lipinski definition) is 3. The van der Waals surface area contributed by atoms with Crippen LogP contribution in [0.2, 0.25) is 0 Å². The van der Waals surface area contributed by atoms with E-state index in [2.05, 4.69) is 5.32 Å². The molecular weight excluding hydrogens is 208 g/mol. The summed E-state index contributed by atoms with van der Waals surface area (Å²) in [5.74, 6) is 0.115. The Morgan fingerprint density at radius 1 is 1.60 bits per heavy atom. The molecule has 0 radical (unpaired) electrons. The van der Waals surface area contributed by atoms with Crippen LogP contribution in [0.5, 0.6) is 0 Å². The first kappa shape index (κ1) is 12.2. The van der Waals surface area contributed by atoms with Gasteiger partial charge in [-0.25, -0.2) is 0 Å². The molecule has 84 valence electrons. The number of amides is 1. The van der Waals surface area contributed by atoms with E-state index in [1.165, 1.54) is 4.88 Å². The molecule has 0 saturated heterocycles. The van der Waals surface area contributed by atoms with E-state index >= 15 is 0 Å². The second kappa shape index (κ2) is 6.58. The van der Waals surface area contributed by atoms with Crippen LogP contribution < -0.4 is 11.1 Å². The largest absolute Gasteiger partial charge is 0.349 e. The molecule has 0 aliphatic heterocycles. The first-order valence-electron chi connectivity index (χ1n) is 5.27. The lowest BCUT2D eigenvalue weighted by Gasteiger charge is -2.11. The van der Waals surface area contributed by atoms with Gasteiger partial charge in [0.05, 0.1) is 6.04 Å². The summed E-state index contributed by atoms with van der Waals surface area (Å²) in [6.45, 7) is 2.67. The summed E-state index contributed by atoms with van der Waals surface area (Å²) in [6, 6.07) is 4.16. The number of unbranched alkanes of at least 4 members (excludes halogenated alkanes) is 1. The topological polar surface area (TPSA) is 55.1 Å². The zero-order valence-corrected chi connectivity index (χ0v) is 9.85. The molecule has 0 aliphatic rings. The quantitative estimate of drug-likeness (QED) is 0.729. The molecule has 4 heteroatoms. The molecule has 1 aromatic heterocycles. The summed E-state index contributed by atoms with van der Waals surface area (Å²) in [4.78, 5) is 12.7. The monoisotopic (exact) mass is 226 g/mol. The predicted octanol–water partition coefficient (Wildman–Crippen LogP) is 2.05. The highest BCUT2D eigenvalue weighted by Crippen LogP contribution is 2.18. The zero-order chi connectivity index (χ0) is 11.1. The van der Waals surface area contributed by atoms with Crippen LogP contribution in [0.1, 0.15) is 37.1 Å². The number of nitrogens with one attached hydrogen (secondary N) is 1. The number of carbonyl (C=O) groups is 1. The predicted molar refractivity (Wildman–Crippen MR) is 63.8 cm³/mol. The molecule has 1 atom stereocenters. The van der Waals surface area contributed by atoms with Gasteiger partial charge in [0.1, 0.15) is 0 Å². The Bertz CT molecular complexity index is 285. The van der Waals surface area contributed by atoms with Crippen molar-refractivity contribution in [1.82, 2.24) is 5.32 Å². The van der Waals surface area contributed by atoms with Gasteiger partial charge in [-0.2, -0.15) is 0 Å².